The minimum Gasteiger partial charge on any atom is -0.480 e. The van der Waals surface area contributed by atoms with E-state index in [4.69, 9.17) is 9.47 Å². The fourth-order valence-electron chi connectivity index (χ4n) is 8.17. The van der Waals surface area contributed by atoms with Crippen LogP contribution in [0.1, 0.15) is 113 Å². The highest BCUT2D eigenvalue weighted by atomic mass is 32.1. The molecule has 67 heavy (non-hydrogen) atoms. The van der Waals surface area contributed by atoms with Gasteiger partial charge in [-0.15, -0.1) is 11.3 Å². The zero-order valence-corrected chi connectivity index (χ0v) is 40.7. The molecule has 7 atom stereocenters. The number of carbonyl (C=O) groups is 8. The normalized spacial score (nSPS) is 17.9. The third kappa shape index (κ3) is 15.0. The first-order valence-electron chi connectivity index (χ1n) is 23.0. The van der Waals surface area contributed by atoms with E-state index in [0.717, 1.165) is 49.3 Å². The second kappa shape index (κ2) is 26.1. The van der Waals surface area contributed by atoms with Gasteiger partial charge in [0, 0.05) is 56.3 Å². The molecule has 20 heteroatoms. The molecule has 2 aliphatic rings. The molecule has 2 aromatic rings. The number of anilines is 1. The molecule has 3 heterocycles. The lowest BCUT2D eigenvalue weighted by Crippen LogP contribution is -2.59. The SMILES string of the molecule is CCCCC(C(=O)NCC(=O)Nc1ccc(C[C@H](NC(=O)c2csc([C@@H](C[C@H](C(C)C)N(COC)C(=O)[C@@H](NC(=O)[C@H]3CCCCN3C)[C@@H](C)CC)OC)n2)C(=O)O)cc1)N1C(=O)C=CC1=O. The third-order valence-corrected chi connectivity index (χ3v) is 13.3. The molecule has 0 radical (unpaired) electrons. The van der Waals surface area contributed by atoms with Gasteiger partial charge >= 0.3 is 5.97 Å². The van der Waals surface area contributed by atoms with E-state index in [0.29, 0.717) is 29.1 Å². The number of thiazole rings is 1. The molecule has 19 nitrogen and oxygen atoms in total. The Balaban J connectivity index is 1.38. The molecule has 1 unspecified atom stereocenters. The summed E-state index contributed by atoms with van der Waals surface area (Å²) in [6.45, 7) is 10.2. The summed E-state index contributed by atoms with van der Waals surface area (Å²) in [7, 11) is 4.94. The largest absolute Gasteiger partial charge is 0.480 e. The van der Waals surface area contributed by atoms with E-state index < -0.39 is 72.3 Å². The van der Waals surface area contributed by atoms with Crippen LogP contribution in [0.2, 0.25) is 0 Å². The highest BCUT2D eigenvalue weighted by molar-refractivity contribution is 7.09. The fourth-order valence-corrected chi connectivity index (χ4v) is 9.06. The van der Waals surface area contributed by atoms with Crippen molar-refractivity contribution in [2.75, 3.05) is 46.4 Å². The highest BCUT2D eigenvalue weighted by Crippen LogP contribution is 2.31. The van der Waals surface area contributed by atoms with Gasteiger partial charge in [0.05, 0.1) is 12.6 Å². The number of ether oxygens (including phenoxy) is 2. The number of carbonyl (C=O) groups excluding carboxylic acids is 7. The summed E-state index contributed by atoms with van der Waals surface area (Å²) < 4.78 is 11.5. The van der Waals surface area contributed by atoms with E-state index >= 15 is 0 Å². The number of benzene rings is 1. The number of nitrogens with one attached hydrogen (secondary N) is 4. The summed E-state index contributed by atoms with van der Waals surface area (Å²) in [6, 6.07) is 2.37. The molecule has 0 aliphatic carbocycles. The Kier molecular flexibility index (Phi) is 21.1. The standard InChI is InChI=1S/C47H68N8O11S/c1-9-11-14-35(55-39(57)20-21-40(55)58)43(60)48-25-38(56)49-31-18-16-30(17-19-31)23-32(47(63)64)50-42(59)33-26-67-45(51-33)37(66-8)24-36(28(3)4)54(27-65-7)46(62)41(29(5)10-2)52-44(61)34-15-12-13-22-53(34)6/h16-21,26,28-29,32,34-37,41H,9-15,22-25,27H2,1-8H3,(H,48,60)(H,49,56)(H,50,59)(H,52,61)(H,63,64)/t29-,32-,34+,35?,36+,37+,41-/m0/s1. The molecule has 1 aromatic carbocycles. The Morgan fingerprint density at radius 2 is 1.67 bits per heavy atom. The molecule has 4 rings (SSSR count). The Hall–Kier alpha value is -5.57. The van der Waals surface area contributed by atoms with Crippen molar-refractivity contribution >= 4 is 64.3 Å². The smallest absolute Gasteiger partial charge is 0.326 e. The van der Waals surface area contributed by atoms with Gasteiger partial charge in [0.1, 0.15) is 41.7 Å². The van der Waals surface area contributed by atoms with Gasteiger partial charge in [-0.25, -0.2) is 9.78 Å². The summed E-state index contributed by atoms with van der Waals surface area (Å²) in [6.07, 6.45) is 6.65. The van der Waals surface area contributed by atoms with Crippen molar-refractivity contribution in [2.24, 2.45) is 11.8 Å². The zero-order valence-electron chi connectivity index (χ0n) is 39.9. The molecule has 1 saturated heterocycles. The molecule has 1 aromatic heterocycles. The number of aliphatic carboxylic acids is 1. The van der Waals surface area contributed by atoms with E-state index in [1.165, 1.54) is 30.9 Å². The van der Waals surface area contributed by atoms with E-state index in [1.807, 2.05) is 46.6 Å². The summed E-state index contributed by atoms with van der Waals surface area (Å²) in [5, 5.41) is 22.8. The molecule has 0 saturated carbocycles. The number of imide groups is 1. The van der Waals surface area contributed by atoms with E-state index in [-0.39, 0.29) is 61.4 Å². The Labute approximate surface area is 396 Å². The van der Waals surface area contributed by atoms with Crippen molar-refractivity contribution in [3.05, 3.63) is 58.1 Å². The zero-order chi connectivity index (χ0) is 49.4. The number of piperidine rings is 1. The van der Waals surface area contributed by atoms with Crippen molar-refractivity contribution < 1.29 is 52.9 Å². The molecule has 7 amide bonds. The van der Waals surface area contributed by atoms with Crippen LogP contribution in [0.3, 0.4) is 0 Å². The van der Waals surface area contributed by atoms with Gasteiger partial charge in [-0.1, -0.05) is 72.4 Å². The number of carboxylic acids is 1. The number of nitrogens with zero attached hydrogens (tertiary/aromatic N) is 4. The van der Waals surface area contributed by atoms with Crippen LogP contribution >= 0.6 is 11.3 Å². The molecular weight excluding hydrogens is 885 g/mol. The quantitative estimate of drug-likeness (QED) is 0.0669. The lowest BCUT2D eigenvalue weighted by atomic mass is 9.92. The molecule has 1 fully saturated rings. The van der Waals surface area contributed by atoms with Gasteiger partial charge in [0.15, 0.2) is 0 Å². The van der Waals surface area contributed by atoms with E-state index in [2.05, 4.69) is 26.3 Å². The van der Waals surface area contributed by atoms with Crippen molar-refractivity contribution in [2.45, 2.75) is 129 Å². The second-order valence-corrected chi connectivity index (χ2v) is 18.4. The molecule has 368 valence electrons. The Bertz CT molecular complexity index is 2060. The summed E-state index contributed by atoms with van der Waals surface area (Å²) in [5.74, 6) is -5.05. The Morgan fingerprint density at radius 1 is 0.985 bits per heavy atom. The molecule has 2 aliphatic heterocycles. The minimum atomic E-state index is -1.34. The van der Waals surface area contributed by atoms with Crippen LogP contribution in [0.25, 0.3) is 0 Å². The number of aromatic nitrogens is 1. The lowest BCUT2D eigenvalue weighted by molar-refractivity contribution is -0.148. The van der Waals surface area contributed by atoms with Crippen LogP contribution in [0.5, 0.6) is 0 Å². The van der Waals surface area contributed by atoms with Crippen LogP contribution in [0.15, 0.2) is 41.8 Å². The number of amides is 7. The predicted octanol–water partition coefficient (Wildman–Crippen LogP) is 3.66. The van der Waals surface area contributed by atoms with Gasteiger partial charge in [0.2, 0.25) is 23.6 Å². The van der Waals surface area contributed by atoms with Crippen LogP contribution in [-0.2, 0) is 49.5 Å². The second-order valence-electron chi connectivity index (χ2n) is 17.5. The summed E-state index contributed by atoms with van der Waals surface area (Å²) in [5.41, 5.74) is 0.886. The molecule has 5 N–H and O–H groups in total. The number of unbranched alkanes of at least 4 members (excludes halogenated alkanes) is 1. The first kappa shape index (κ1) is 54.0. The van der Waals surface area contributed by atoms with Gasteiger partial charge in [-0.05, 0) is 62.4 Å². The predicted molar refractivity (Wildman–Crippen MR) is 250 cm³/mol. The molecular formula is C47H68N8O11S. The maximum Gasteiger partial charge on any atom is 0.326 e. The summed E-state index contributed by atoms with van der Waals surface area (Å²) >= 11 is 1.17. The number of hydrogen-bond donors (Lipinski definition) is 5. The fraction of sp³-hybridized carbons (Fsp3) is 0.596. The maximum atomic E-state index is 14.5. The first-order chi connectivity index (χ1) is 31.9. The van der Waals surface area contributed by atoms with Gasteiger partial charge in [-0.3, -0.25) is 43.4 Å². The highest BCUT2D eigenvalue weighted by Gasteiger charge is 2.39. The lowest BCUT2D eigenvalue weighted by Gasteiger charge is -2.39. The number of likely N-dealkylation sites (N-methyl/N-ethyl adjacent to an activating group) is 1. The number of hydrogen-bond acceptors (Lipinski definition) is 13. The van der Waals surface area contributed by atoms with Crippen molar-refractivity contribution in [3.63, 3.8) is 0 Å². The van der Waals surface area contributed by atoms with Crippen LogP contribution in [0.4, 0.5) is 5.69 Å². The summed E-state index contributed by atoms with van der Waals surface area (Å²) in [4.78, 5) is 113. The maximum absolute atomic E-state index is 14.5. The van der Waals surface area contributed by atoms with Crippen molar-refractivity contribution in [1.29, 1.82) is 0 Å². The molecule has 0 spiro atoms. The number of likely N-dealkylation sites (tertiary alicyclic amines) is 1. The number of rotatable bonds is 26. The van der Waals surface area contributed by atoms with Crippen LogP contribution in [0, 0.1) is 11.8 Å². The van der Waals surface area contributed by atoms with E-state index in [9.17, 15) is 43.5 Å². The van der Waals surface area contributed by atoms with Crippen LogP contribution < -0.4 is 21.3 Å². The molecule has 0 bridgehead atoms. The monoisotopic (exact) mass is 952 g/mol. The Morgan fingerprint density at radius 3 is 2.25 bits per heavy atom. The first-order valence-corrected chi connectivity index (χ1v) is 23.9. The number of methoxy groups -OCH3 is 2. The van der Waals surface area contributed by atoms with Crippen LogP contribution in [-0.4, -0.2) is 143 Å². The van der Waals surface area contributed by atoms with Crippen molar-refractivity contribution in [1.82, 2.24) is 35.6 Å². The topological polar surface area (TPSA) is 246 Å². The third-order valence-electron chi connectivity index (χ3n) is 12.3. The number of carboxylic acid groups (broad SMARTS) is 1. The van der Waals surface area contributed by atoms with Gasteiger partial charge in [-0.2, -0.15) is 0 Å². The average molecular weight is 953 g/mol. The minimum absolute atomic E-state index is 0.0106. The van der Waals surface area contributed by atoms with Gasteiger partial charge in [0.25, 0.3) is 17.7 Å². The average Bonchev–Trinajstić information content (AvgIpc) is 3.93. The van der Waals surface area contributed by atoms with Crippen molar-refractivity contribution in [3.8, 4) is 0 Å². The van der Waals surface area contributed by atoms with Gasteiger partial charge < -0.3 is 40.7 Å². The van der Waals surface area contributed by atoms with E-state index in [1.54, 1.807) is 29.2 Å².